The predicted molar refractivity (Wildman–Crippen MR) is 93.9 cm³/mol. The van der Waals surface area contributed by atoms with Gasteiger partial charge in [0, 0.05) is 25.0 Å². The van der Waals surface area contributed by atoms with Gasteiger partial charge < -0.3 is 9.64 Å². The van der Waals surface area contributed by atoms with Crippen LogP contribution in [-0.4, -0.2) is 36.0 Å². The summed E-state index contributed by atoms with van der Waals surface area (Å²) in [5.41, 5.74) is 2.12. The highest BCUT2D eigenvalue weighted by atomic mass is 16.5. The van der Waals surface area contributed by atoms with E-state index in [2.05, 4.69) is 11.1 Å². The Bertz CT molecular complexity index is 672. The van der Waals surface area contributed by atoms with Crippen molar-refractivity contribution in [1.29, 1.82) is 0 Å². The summed E-state index contributed by atoms with van der Waals surface area (Å²) in [4.78, 5) is 19.1. The lowest BCUT2D eigenvalue weighted by molar-refractivity contribution is -0.132. The van der Waals surface area contributed by atoms with Gasteiger partial charge in [-0.2, -0.15) is 0 Å². The van der Waals surface area contributed by atoms with Crippen LogP contribution in [0.1, 0.15) is 24.1 Å². The van der Waals surface area contributed by atoms with E-state index in [4.69, 9.17) is 4.74 Å². The Balaban J connectivity index is 1.58. The van der Waals surface area contributed by atoms with Crippen LogP contribution in [0.4, 0.5) is 0 Å². The first-order valence-corrected chi connectivity index (χ1v) is 8.55. The summed E-state index contributed by atoms with van der Waals surface area (Å²) in [6.45, 7) is 1.70. The average Bonchev–Trinajstić information content (AvgIpc) is 2.63. The fraction of sp³-hybridized carbons (Fsp3) is 0.400. The highest BCUT2D eigenvalue weighted by Gasteiger charge is 2.24. The highest BCUT2D eigenvalue weighted by molar-refractivity contribution is 5.79. The van der Waals surface area contributed by atoms with Crippen molar-refractivity contribution in [2.24, 2.45) is 5.92 Å². The largest absolute Gasteiger partial charge is 0.497 e. The standard InChI is InChI=1S/C20H24N2O2/c1-24-19-9-4-6-16(13-19)14-20(23)22-11-5-7-17(15-22)12-18-8-2-3-10-21-18/h2-4,6,8-10,13,17H,5,7,11-12,14-15H2,1H3/t17-/m0/s1. The van der Waals surface area contributed by atoms with Crippen LogP contribution in [0, 0.1) is 5.92 Å². The maximum atomic E-state index is 12.6. The molecule has 1 aliphatic rings. The zero-order chi connectivity index (χ0) is 16.8. The van der Waals surface area contributed by atoms with Gasteiger partial charge in [0.15, 0.2) is 0 Å². The molecule has 1 atom stereocenters. The van der Waals surface area contributed by atoms with E-state index in [1.807, 2.05) is 47.5 Å². The molecule has 0 saturated carbocycles. The van der Waals surface area contributed by atoms with Gasteiger partial charge >= 0.3 is 0 Å². The van der Waals surface area contributed by atoms with Gasteiger partial charge in [0.1, 0.15) is 5.75 Å². The van der Waals surface area contributed by atoms with Crippen LogP contribution in [-0.2, 0) is 17.6 Å². The van der Waals surface area contributed by atoms with Crippen LogP contribution in [0.2, 0.25) is 0 Å². The molecule has 0 spiro atoms. The van der Waals surface area contributed by atoms with Crippen molar-refractivity contribution in [1.82, 2.24) is 9.88 Å². The van der Waals surface area contributed by atoms with Gasteiger partial charge in [0.05, 0.1) is 13.5 Å². The lowest BCUT2D eigenvalue weighted by Crippen LogP contribution is -2.41. The third kappa shape index (κ3) is 4.34. The van der Waals surface area contributed by atoms with E-state index in [1.54, 1.807) is 7.11 Å². The molecular weight excluding hydrogens is 300 g/mol. The SMILES string of the molecule is COc1cccc(CC(=O)N2CCC[C@@H](Cc3ccccn3)C2)c1. The van der Waals surface area contributed by atoms with Crippen molar-refractivity contribution in [2.45, 2.75) is 25.7 Å². The number of likely N-dealkylation sites (tertiary alicyclic amines) is 1. The highest BCUT2D eigenvalue weighted by Crippen LogP contribution is 2.21. The van der Waals surface area contributed by atoms with Crippen LogP contribution in [0.25, 0.3) is 0 Å². The molecule has 1 aromatic carbocycles. The van der Waals surface area contributed by atoms with Gasteiger partial charge in [-0.05, 0) is 55.0 Å². The quantitative estimate of drug-likeness (QED) is 0.849. The van der Waals surface area contributed by atoms with Crippen LogP contribution >= 0.6 is 0 Å². The zero-order valence-corrected chi connectivity index (χ0v) is 14.1. The number of carbonyl (C=O) groups is 1. The van der Waals surface area contributed by atoms with Crippen LogP contribution in [0.5, 0.6) is 5.75 Å². The Hall–Kier alpha value is -2.36. The summed E-state index contributed by atoms with van der Waals surface area (Å²) in [5.74, 6) is 1.50. The first-order valence-electron chi connectivity index (χ1n) is 8.55. The molecule has 0 unspecified atom stereocenters. The third-order valence-corrected chi connectivity index (χ3v) is 4.59. The van der Waals surface area contributed by atoms with E-state index < -0.39 is 0 Å². The minimum absolute atomic E-state index is 0.203. The van der Waals surface area contributed by atoms with Gasteiger partial charge in [-0.3, -0.25) is 9.78 Å². The van der Waals surface area contributed by atoms with E-state index >= 15 is 0 Å². The lowest BCUT2D eigenvalue weighted by Gasteiger charge is -2.33. The molecule has 126 valence electrons. The van der Waals surface area contributed by atoms with E-state index in [0.717, 1.165) is 42.9 Å². The number of pyridine rings is 1. The van der Waals surface area contributed by atoms with Gasteiger partial charge in [-0.1, -0.05) is 18.2 Å². The molecule has 2 heterocycles. The summed E-state index contributed by atoms with van der Waals surface area (Å²) in [7, 11) is 1.65. The summed E-state index contributed by atoms with van der Waals surface area (Å²) >= 11 is 0. The number of benzene rings is 1. The molecule has 1 fully saturated rings. The maximum Gasteiger partial charge on any atom is 0.227 e. The third-order valence-electron chi connectivity index (χ3n) is 4.59. The molecule has 0 aliphatic carbocycles. The zero-order valence-electron chi connectivity index (χ0n) is 14.1. The van der Waals surface area contributed by atoms with Crippen molar-refractivity contribution in [3.05, 3.63) is 59.9 Å². The Kier molecular flexibility index (Phi) is 5.47. The fourth-order valence-electron chi connectivity index (χ4n) is 3.34. The summed E-state index contributed by atoms with van der Waals surface area (Å²) < 4.78 is 5.23. The second-order valence-electron chi connectivity index (χ2n) is 6.40. The number of piperidine rings is 1. The Labute approximate surface area is 143 Å². The van der Waals surface area contributed by atoms with Crippen molar-refractivity contribution in [3.63, 3.8) is 0 Å². The first kappa shape index (κ1) is 16.5. The van der Waals surface area contributed by atoms with Crippen LogP contribution < -0.4 is 4.74 Å². The molecular formula is C20H24N2O2. The number of methoxy groups -OCH3 is 1. The van der Waals surface area contributed by atoms with Crippen LogP contribution in [0.3, 0.4) is 0 Å². The molecule has 0 bridgehead atoms. The molecule has 1 aliphatic heterocycles. The molecule has 4 heteroatoms. The Morgan fingerprint density at radius 2 is 2.21 bits per heavy atom. The van der Waals surface area contributed by atoms with Crippen molar-refractivity contribution in [3.8, 4) is 5.75 Å². The molecule has 0 N–H and O–H groups in total. The van der Waals surface area contributed by atoms with Crippen molar-refractivity contribution < 1.29 is 9.53 Å². The summed E-state index contributed by atoms with van der Waals surface area (Å²) in [5, 5.41) is 0. The van der Waals surface area contributed by atoms with Crippen molar-refractivity contribution >= 4 is 5.91 Å². The second-order valence-corrected chi connectivity index (χ2v) is 6.40. The minimum Gasteiger partial charge on any atom is -0.497 e. The van der Waals surface area contributed by atoms with E-state index in [0.29, 0.717) is 12.3 Å². The lowest BCUT2D eigenvalue weighted by atomic mass is 9.93. The topological polar surface area (TPSA) is 42.4 Å². The number of amides is 1. The number of aromatic nitrogens is 1. The fourth-order valence-corrected chi connectivity index (χ4v) is 3.34. The van der Waals surface area contributed by atoms with E-state index in [1.165, 1.54) is 6.42 Å². The molecule has 1 saturated heterocycles. The van der Waals surface area contributed by atoms with Gasteiger partial charge in [-0.25, -0.2) is 0 Å². The van der Waals surface area contributed by atoms with E-state index in [9.17, 15) is 4.79 Å². The number of carbonyl (C=O) groups excluding carboxylic acids is 1. The summed E-state index contributed by atoms with van der Waals surface area (Å²) in [6.07, 6.45) is 5.46. The van der Waals surface area contributed by atoms with Gasteiger partial charge in [0.2, 0.25) is 5.91 Å². The average molecular weight is 324 g/mol. The second kappa shape index (κ2) is 7.95. The molecule has 4 nitrogen and oxygen atoms in total. The molecule has 1 amide bonds. The number of hydrogen-bond donors (Lipinski definition) is 0. The number of nitrogens with zero attached hydrogens (tertiary/aromatic N) is 2. The minimum atomic E-state index is 0.203. The number of hydrogen-bond acceptors (Lipinski definition) is 3. The van der Waals surface area contributed by atoms with Gasteiger partial charge in [0.25, 0.3) is 0 Å². The Morgan fingerprint density at radius 3 is 3.00 bits per heavy atom. The van der Waals surface area contributed by atoms with E-state index in [-0.39, 0.29) is 5.91 Å². The van der Waals surface area contributed by atoms with Gasteiger partial charge in [-0.15, -0.1) is 0 Å². The molecule has 2 aromatic rings. The normalized spacial score (nSPS) is 17.5. The number of rotatable bonds is 5. The van der Waals surface area contributed by atoms with Crippen molar-refractivity contribution in [2.75, 3.05) is 20.2 Å². The van der Waals surface area contributed by atoms with Crippen LogP contribution in [0.15, 0.2) is 48.7 Å². The first-order chi connectivity index (χ1) is 11.7. The smallest absolute Gasteiger partial charge is 0.227 e. The monoisotopic (exact) mass is 324 g/mol. The molecule has 1 aromatic heterocycles. The maximum absolute atomic E-state index is 12.6. The predicted octanol–water partition coefficient (Wildman–Crippen LogP) is 3.11. The number of ether oxygens (including phenoxy) is 1. The Morgan fingerprint density at radius 1 is 1.29 bits per heavy atom. The molecule has 3 rings (SSSR count). The molecule has 24 heavy (non-hydrogen) atoms. The molecule has 0 radical (unpaired) electrons. The summed E-state index contributed by atoms with van der Waals surface area (Å²) in [6, 6.07) is 13.8.